The molecule has 2 N–H and O–H groups in total. The largest absolute Gasteiger partial charge is 0.340 e. The summed E-state index contributed by atoms with van der Waals surface area (Å²) < 4.78 is 29.0. The summed E-state index contributed by atoms with van der Waals surface area (Å²) >= 11 is 0. The first-order valence-electron chi connectivity index (χ1n) is 4.10. The molecule has 1 unspecified atom stereocenters. The van der Waals surface area contributed by atoms with Crippen LogP contribution in [-0.2, 0) is 14.9 Å². The van der Waals surface area contributed by atoms with Gasteiger partial charge in [-0.2, -0.15) is 8.42 Å². The summed E-state index contributed by atoms with van der Waals surface area (Å²) in [5, 5.41) is 2.12. The van der Waals surface area contributed by atoms with Crippen LogP contribution in [0.4, 0.5) is 0 Å². The van der Waals surface area contributed by atoms with Gasteiger partial charge in [0.25, 0.3) is 10.1 Å². The van der Waals surface area contributed by atoms with E-state index in [-0.39, 0.29) is 5.92 Å². The number of carbonyl (C=O) groups excluding carboxylic acids is 1. The summed E-state index contributed by atoms with van der Waals surface area (Å²) in [7, 11) is -0.503. The zero-order valence-electron chi connectivity index (χ0n) is 8.52. The van der Waals surface area contributed by atoms with Crippen molar-refractivity contribution in [3.8, 4) is 0 Å². The van der Waals surface area contributed by atoms with E-state index in [4.69, 9.17) is 4.55 Å². The number of nitrogens with one attached hydrogen (secondary N) is 1. The van der Waals surface area contributed by atoms with Crippen LogP contribution in [0.15, 0.2) is 0 Å². The predicted octanol–water partition coefficient (Wildman–Crippen LogP) is -0.854. The van der Waals surface area contributed by atoms with Gasteiger partial charge in [0.05, 0.1) is 0 Å². The molecule has 0 aromatic carbocycles. The second-order valence-corrected chi connectivity index (χ2v) is 4.88. The zero-order chi connectivity index (χ0) is 11.4. The van der Waals surface area contributed by atoms with E-state index in [0.717, 1.165) is 0 Å². The standard InChI is InChI=1S/C7H16N2O4S/c1-6(4-9(2)3)7(10)8-5-14(11,12)13/h6H,4-5H2,1-3H3,(H,8,10)(H,11,12,13). The first-order chi connectivity index (χ1) is 6.22. The quantitative estimate of drug-likeness (QED) is 0.594. The van der Waals surface area contributed by atoms with Crippen molar-refractivity contribution in [2.75, 3.05) is 26.5 Å². The molecule has 0 aromatic heterocycles. The SMILES string of the molecule is CC(CN(C)C)C(=O)NCS(=O)(=O)O. The van der Waals surface area contributed by atoms with Gasteiger partial charge in [-0.05, 0) is 14.1 Å². The van der Waals surface area contributed by atoms with Crippen molar-refractivity contribution >= 4 is 16.0 Å². The smallest absolute Gasteiger partial charge is 0.283 e. The molecule has 14 heavy (non-hydrogen) atoms. The molecule has 1 amide bonds. The van der Waals surface area contributed by atoms with Crippen LogP contribution in [0.3, 0.4) is 0 Å². The zero-order valence-corrected chi connectivity index (χ0v) is 9.34. The minimum Gasteiger partial charge on any atom is -0.340 e. The van der Waals surface area contributed by atoms with Crippen LogP contribution in [0.25, 0.3) is 0 Å². The van der Waals surface area contributed by atoms with Gasteiger partial charge in [-0.15, -0.1) is 0 Å². The second kappa shape index (κ2) is 5.28. The molecule has 0 fully saturated rings. The van der Waals surface area contributed by atoms with Gasteiger partial charge in [0, 0.05) is 12.5 Å². The highest BCUT2D eigenvalue weighted by molar-refractivity contribution is 7.85. The van der Waals surface area contributed by atoms with E-state index in [1.165, 1.54) is 0 Å². The van der Waals surface area contributed by atoms with Crippen LogP contribution < -0.4 is 5.32 Å². The molecule has 0 aromatic rings. The molecule has 7 heteroatoms. The highest BCUT2D eigenvalue weighted by atomic mass is 32.2. The minimum atomic E-state index is -4.13. The van der Waals surface area contributed by atoms with Crippen molar-refractivity contribution in [2.45, 2.75) is 6.92 Å². The molecular formula is C7H16N2O4S. The average Bonchev–Trinajstić information content (AvgIpc) is 1.97. The molecule has 0 rings (SSSR count). The summed E-state index contributed by atoms with van der Waals surface area (Å²) in [6.07, 6.45) is 0. The third-order valence-corrected chi connectivity index (χ3v) is 2.02. The lowest BCUT2D eigenvalue weighted by molar-refractivity contribution is -0.124. The topological polar surface area (TPSA) is 86.7 Å². The summed E-state index contributed by atoms with van der Waals surface area (Å²) in [6, 6.07) is 0. The molecule has 0 bridgehead atoms. The van der Waals surface area contributed by atoms with E-state index < -0.39 is 21.9 Å². The highest BCUT2D eigenvalue weighted by Crippen LogP contribution is 1.96. The lowest BCUT2D eigenvalue weighted by Crippen LogP contribution is -2.37. The number of nitrogens with zero attached hydrogens (tertiary/aromatic N) is 1. The third kappa shape index (κ3) is 6.81. The van der Waals surface area contributed by atoms with Crippen molar-refractivity contribution in [2.24, 2.45) is 5.92 Å². The van der Waals surface area contributed by atoms with Crippen molar-refractivity contribution in [1.82, 2.24) is 10.2 Å². The Morgan fingerprint density at radius 2 is 2.00 bits per heavy atom. The molecule has 0 heterocycles. The molecule has 6 nitrogen and oxygen atoms in total. The summed E-state index contributed by atoms with van der Waals surface area (Å²) in [5.74, 6) is -1.44. The number of hydrogen-bond donors (Lipinski definition) is 2. The maximum atomic E-state index is 11.2. The molecule has 1 atom stereocenters. The van der Waals surface area contributed by atoms with E-state index in [1.807, 2.05) is 19.0 Å². The summed E-state index contributed by atoms with van der Waals surface area (Å²) in [5.41, 5.74) is 0. The fourth-order valence-electron chi connectivity index (χ4n) is 0.967. The molecular weight excluding hydrogens is 208 g/mol. The van der Waals surface area contributed by atoms with Gasteiger partial charge < -0.3 is 10.2 Å². The van der Waals surface area contributed by atoms with Crippen molar-refractivity contribution in [3.63, 3.8) is 0 Å². The molecule has 0 aliphatic heterocycles. The summed E-state index contributed by atoms with van der Waals surface area (Å²) in [6.45, 7) is 2.20. The van der Waals surface area contributed by atoms with Gasteiger partial charge >= 0.3 is 0 Å². The molecule has 0 aliphatic rings. The van der Waals surface area contributed by atoms with Crippen molar-refractivity contribution in [3.05, 3.63) is 0 Å². The fourth-order valence-corrected chi connectivity index (χ4v) is 1.29. The van der Waals surface area contributed by atoms with Crippen LogP contribution in [-0.4, -0.2) is 50.3 Å². The highest BCUT2D eigenvalue weighted by Gasteiger charge is 2.15. The third-order valence-electron chi connectivity index (χ3n) is 1.52. The van der Waals surface area contributed by atoms with Crippen LogP contribution in [0.2, 0.25) is 0 Å². The van der Waals surface area contributed by atoms with Crippen LogP contribution in [0, 0.1) is 5.92 Å². The molecule has 0 saturated heterocycles. The fraction of sp³-hybridized carbons (Fsp3) is 0.857. The minimum absolute atomic E-state index is 0.313. The van der Waals surface area contributed by atoms with Crippen molar-refractivity contribution < 1.29 is 17.8 Å². The van der Waals surface area contributed by atoms with Gasteiger partial charge in [-0.25, -0.2) is 0 Å². The van der Waals surface area contributed by atoms with Crippen LogP contribution in [0.1, 0.15) is 6.92 Å². The van der Waals surface area contributed by atoms with Crippen molar-refractivity contribution in [1.29, 1.82) is 0 Å². The molecule has 0 saturated carbocycles. The monoisotopic (exact) mass is 224 g/mol. The average molecular weight is 224 g/mol. The summed E-state index contributed by atoms with van der Waals surface area (Å²) in [4.78, 5) is 13.0. The second-order valence-electron chi connectivity index (χ2n) is 3.43. The van der Waals surface area contributed by atoms with Gasteiger partial charge in [-0.3, -0.25) is 9.35 Å². The van der Waals surface area contributed by atoms with Gasteiger partial charge in [0.15, 0.2) is 0 Å². The first-order valence-corrected chi connectivity index (χ1v) is 5.71. The maximum Gasteiger partial charge on any atom is 0.283 e. The Morgan fingerprint density at radius 1 is 1.50 bits per heavy atom. The molecule has 0 aliphatic carbocycles. The predicted molar refractivity (Wildman–Crippen MR) is 52.3 cm³/mol. The Bertz CT molecular complexity index is 286. The molecule has 0 spiro atoms. The lowest BCUT2D eigenvalue weighted by Gasteiger charge is -2.15. The van der Waals surface area contributed by atoms with E-state index in [2.05, 4.69) is 5.32 Å². The Balaban J connectivity index is 3.97. The lowest BCUT2D eigenvalue weighted by atomic mass is 10.1. The number of hydrogen-bond acceptors (Lipinski definition) is 4. The number of rotatable bonds is 5. The van der Waals surface area contributed by atoms with Gasteiger partial charge in [0.2, 0.25) is 5.91 Å². The number of carbonyl (C=O) groups is 1. The molecule has 84 valence electrons. The maximum absolute atomic E-state index is 11.2. The van der Waals surface area contributed by atoms with E-state index in [9.17, 15) is 13.2 Å². The van der Waals surface area contributed by atoms with Gasteiger partial charge in [0.1, 0.15) is 5.88 Å². The Labute approximate surface area is 84.0 Å². The Kier molecular flexibility index (Phi) is 5.03. The van der Waals surface area contributed by atoms with Gasteiger partial charge in [-0.1, -0.05) is 6.92 Å². The van der Waals surface area contributed by atoms with E-state index in [0.29, 0.717) is 6.54 Å². The Morgan fingerprint density at radius 3 is 2.36 bits per heavy atom. The normalized spacial score (nSPS) is 14.1. The van der Waals surface area contributed by atoms with Crippen LogP contribution in [0.5, 0.6) is 0 Å². The Hall–Kier alpha value is -0.660. The first kappa shape index (κ1) is 13.3. The van der Waals surface area contributed by atoms with Crippen LogP contribution >= 0.6 is 0 Å². The number of amides is 1. The molecule has 0 radical (unpaired) electrons. The van der Waals surface area contributed by atoms with E-state index in [1.54, 1.807) is 6.92 Å². The van der Waals surface area contributed by atoms with E-state index >= 15 is 0 Å².